The van der Waals surface area contributed by atoms with Gasteiger partial charge >= 0.3 is 0 Å². The third kappa shape index (κ3) is 3.23. The van der Waals surface area contributed by atoms with Crippen molar-refractivity contribution in [3.63, 3.8) is 0 Å². The molecule has 0 aliphatic rings. The zero-order valence-corrected chi connectivity index (χ0v) is 10.5. The lowest BCUT2D eigenvalue weighted by molar-refractivity contribution is 0.292. The van der Waals surface area contributed by atoms with E-state index >= 15 is 0 Å². The lowest BCUT2D eigenvalue weighted by Crippen LogP contribution is -2.34. The smallest absolute Gasteiger partial charge is 0.130 e. The number of rotatable bonds is 5. The summed E-state index contributed by atoms with van der Waals surface area (Å²) in [5.74, 6) is -0.653. The van der Waals surface area contributed by atoms with E-state index in [-0.39, 0.29) is 12.0 Å². The van der Waals surface area contributed by atoms with Gasteiger partial charge < -0.3 is 11.1 Å². The molecule has 0 radical (unpaired) electrons. The molecule has 2 nitrogen and oxygen atoms in total. The van der Waals surface area contributed by atoms with Gasteiger partial charge in [-0.2, -0.15) is 0 Å². The summed E-state index contributed by atoms with van der Waals surface area (Å²) in [5, 5.41) is 3.07. The zero-order valence-electron chi connectivity index (χ0n) is 10.5. The second-order valence-corrected chi connectivity index (χ2v) is 4.58. The summed E-state index contributed by atoms with van der Waals surface area (Å²) < 4.78 is 26.6. The van der Waals surface area contributed by atoms with E-state index < -0.39 is 11.6 Å². The van der Waals surface area contributed by atoms with Crippen LogP contribution in [0.1, 0.15) is 25.5 Å². The average Bonchev–Trinajstić information content (AvgIpc) is 2.26. The molecule has 0 spiro atoms. The number of nitrogens with one attached hydrogen (secondary N) is 1. The van der Waals surface area contributed by atoms with Crippen LogP contribution in [0.3, 0.4) is 0 Å². The molecule has 0 bridgehead atoms. The van der Waals surface area contributed by atoms with Crippen molar-refractivity contribution < 1.29 is 8.78 Å². The predicted molar refractivity (Wildman–Crippen MR) is 65.5 cm³/mol. The van der Waals surface area contributed by atoms with Crippen molar-refractivity contribution in [2.45, 2.75) is 19.9 Å². The molecule has 0 saturated heterocycles. The monoisotopic (exact) mass is 242 g/mol. The number of benzene rings is 1. The van der Waals surface area contributed by atoms with Gasteiger partial charge in [0.25, 0.3) is 0 Å². The highest BCUT2D eigenvalue weighted by molar-refractivity contribution is 5.23. The Morgan fingerprint density at radius 2 is 1.94 bits per heavy atom. The Bertz CT molecular complexity index is 366. The van der Waals surface area contributed by atoms with Gasteiger partial charge in [-0.15, -0.1) is 0 Å². The Morgan fingerprint density at radius 1 is 1.29 bits per heavy atom. The van der Waals surface area contributed by atoms with Crippen LogP contribution in [0.25, 0.3) is 0 Å². The Kier molecular flexibility index (Phi) is 5.02. The highest BCUT2D eigenvalue weighted by Crippen LogP contribution is 2.29. The van der Waals surface area contributed by atoms with Crippen LogP contribution in [0, 0.1) is 23.5 Å². The predicted octanol–water partition coefficient (Wildman–Crippen LogP) is 2.46. The van der Waals surface area contributed by atoms with Crippen LogP contribution in [0.2, 0.25) is 0 Å². The van der Waals surface area contributed by atoms with Crippen LogP contribution in [-0.4, -0.2) is 13.6 Å². The van der Waals surface area contributed by atoms with E-state index in [0.29, 0.717) is 18.0 Å². The third-order valence-corrected chi connectivity index (χ3v) is 3.17. The van der Waals surface area contributed by atoms with Gasteiger partial charge in [-0.25, -0.2) is 8.78 Å². The van der Waals surface area contributed by atoms with E-state index in [1.54, 1.807) is 7.05 Å². The maximum atomic E-state index is 13.7. The minimum atomic E-state index is -0.560. The van der Waals surface area contributed by atoms with Crippen LogP contribution in [0.5, 0.6) is 0 Å². The molecular formula is C13H20F2N2. The molecular weight excluding hydrogens is 222 g/mol. The first kappa shape index (κ1) is 14.1. The molecule has 17 heavy (non-hydrogen) atoms. The Hall–Kier alpha value is -1.00. The zero-order chi connectivity index (χ0) is 13.0. The maximum Gasteiger partial charge on any atom is 0.130 e. The normalized spacial score (nSPS) is 15.0. The van der Waals surface area contributed by atoms with Crippen LogP contribution in [0.15, 0.2) is 18.2 Å². The Balaban J connectivity index is 3.08. The lowest BCUT2D eigenvalue weighted by Gasteiger charge is -2.29. The molecule has 2 unspecified atom stereocenters. The number of hydrogen-bond donors (Lipinski definition) is 2. The average molecular weight is 242 g/mol. The Morgan fingerprint density at radius 3 is 2.35 bits per heavy atom. The summed E-state index contributed by atoms with van der Waals surface area (Å²) >= 11 is 0. The largest absolute Gasteiger partial charge is 0.330 e. The molecule has 0 aromatic heterocycles. The fraction of sp³-hybridized carbons (Fsp3) is 0.538. The van der Waals surface area contributed by atoms with Crippen molar-refractivity contribution >= 4 is 0 Å². The van der Waals surface area contributed by atoms with Crippen molar-refractivity contribution in [2.75, 3.05) is 13.6 Å². The molecule has 1 rings (SSSR count). The van der Waals surface area contributed by atoms with Crippen LogP contribution >= 0.6 is 0 Å². The van der Waals surface area contributed by atoms with Gasteiger partial charge in [0.1, 0.15) is 11.6 Å². The topological polar surface area (TPSA) is 38.0 Å². The molecule has 96 valence electrons. The molecule has 4 heteroatoms. The minimum absolute atomic E-state index is 0.111. The van der Waals surface area contributed by atoms with Gasteiger partial charge in [0.2, 0.25) is 0 Å². The summed E-state index contributed by atoms with van der Waals surface area (Å²) in [7, 11) is 1.76. The molecule has 0 saturated carbocycles. The summed E-state index contributed by atoms with van der Waals surface area (Å²) in [6, 6.07) is 3.47. The molecule has 0 amide bonds. The number of nitrogens with two attached hydrogens (primary N) is 1. The summed E-state index contributed by atoms with van der Waals surface area (Å²) in [5.41, 5.74) is 6.20. The Labute approximate surface area is 101 Å². The number of halogens is 2. The summed E-state index contributed by atoms with van der Waals surface area (Å²) in [6.07, 6.45) is 0. The van der Waals surface area contributed by atoms with E-state index in [4.69, 9.17) is 5.73 Å². The first-order valence-electron chi connectivity index (χ1n) is 5.83. The number of hydrogen-bond acceptors (Lipinski definition) is 2. The molecule has 1 aromatic carbocycles. The second kappa shape index (κ2) is 6.07. The SMILES string of the molecule is CNC(c1ccc(F)cc1F)C(CN)C(C)C. The minimum Gasteiger partial charge on any atom is -0.330 e. The standard InChI is InChI=1S/C13H20F2N2/c1-8(2)11(7-16)13(17-3)10-5-4-9(14)6-12(10)15/h4-6,8,11,13,17H,7,16H2,1-3H3. The molecule has 0 fully saturated rings. The van der Waals surface area contributed by atoms with Crippen molar-refractivity contribution in [1.82, 2.24) is 5.32 Å². The van der Waals surface area contributed by atoms with Gasteiger partial charge in [-0.05, 0) is 31.5 Å². The second-order valence-electron chi connectivity index (χ2n) is 4.58. The van der Waals surface area contributed by atoms with Crippen molar-refractivity contribution in [3.8, 4) is 0 Å². The third-order valence-electron chi connectivity index (χ3n) is 3.17. The molecule has 0 heterocycles. The van der Waals surface area contributed by atoms with Gasteiger partial charge in [-0.1, -0.05) is 19.9 Å². The first-order chi connectivity index (χ1) is 8.01. The summed E-state index contributed by atoms with van der Waals surface area (Å²) in [6.45, 7) is 4.55. The van der Waals surface area contributed by atoms with E-state index in [1.165, 1.54) is 12.1 Å². The van der Waals surface area contributed by atoms with Crippen LogP contribution in [-0.2, 0) is 0 Å². The molecule has 0 aliphatic carbocycles. The van der Waals surface area contributed by atoms with Crippen LogP contribution in [0.4, 0.5) is 8.78 Å². The fourth-order valence-corrected chi connectivity index (χ4v) is 2.15. The van der Waals surface area contributed by atoms with Gasteiger partial charge in [0.15, 0.2) is 0 Å². The fourth-order valence-electron chi connectivity index (χ4n) is 2.15. The highest BCUT2D eigenvalue weighted by Gasteiger charge is 2.25. The molecule has 3 N–H and O–H groups in total. The van der Waals surface area contributed by atoms with Crippen molar-refractivity contribution in [1.29, 1.82) is 0 Å². The lowest BCUT2D eigenvalue weighted by atomic mass is 9.84. The van der Waals surface area contributed by atoms with Crippen LogP contribution < -0.4 is 11.1 Å². The molecule has 0 aliphatic heterocycles. The summed E-state index contributed by atoms with van der Waals surface area (Å²) in [4.78, 5) is 0. The highest BCUT2D eigenvalue weighted by atomic mass is 19.1. The quantitative estimate of drug-likeness (QED) is 0.832. The van der Waals surface area contributed by atoms with Gasteiger partial charge in [-0.3, -0.25) is 0 Å². The van der Waals surface area contributed by atoms with E-state index in [1.807, 2.05) is 13.8 Å². The van der Waals surface area contributed by atoms with Crippen molar-refractivity contribution in [3.05, 3.63) is 35.4 Å². The van der Waals surface area contributed by atoms with E-state index in [2.05, 4.69) is 5.32 Å². The molecule has 2 atom stereocenters. The molecule has 1 aromatic rings. The van der Waals surface area contributed by atoms with Crippen molar-refractivity contribution in [2.24, 2.45) is 17.6 Å². The van der Waals surface area contributed by atoms with E-state index in [9.17, 15) is 8.78 Å². The van der Waals surface area contributed by atoms with E-state index in [0.717, 1.165) is 6.07 Å². The maximum absolute atomic E-state index is 13.7. The van der Waals surface area contributed by atoms with Gasteiger partial charge in [0, 0.05) is 17.7 Å². The first-order valence-corrected chi connectivity index (χ1v) is 5.83. The van der Waals surface area contributed by atoms with Gasteiger partial charge in [0.05, 0.1) is 0 Å².